The Balaban J connectivity index is 1.83. The van der Waals surface area contributed by atoms with E-state index >= 15 is 0 Å². The smallest absolute Gasteiger partial charge is 0.337 e. The van der Waals surface area contributed by atoms with Crippen molar-refractivity contribution in [1.82, 2.24) is 0 Å². The monoisotopic (exact) mass is 387 g/mol. The molecule has 0 aromatic heterocycles. The van der Waals surface area contributed by atoms with Gasteiger partial charge in [0.1, 0.15) is 0 Å². The number of benzene rings is 2. The van der Waals surface area contributed by atoms with Gasteiger partial charge in [-0.2, -0.15) is 0 Å². The van der Waals surface area contributed by atoms with Gasteiger partial charge in [0.15, 0.2) is 18.0 Å². The highest BCUT2D eigenvalue weighted by Gasteiger charge is 2.12. The molecule has 0 aliphatic rings. The van der Waals surface area contributed by atoms with Crippen molar-refractivity contribution in [3.8, 4) is 11.5 Å². The number of amides is 1. The largest absolute Gasteiger partial charge is 0.493 e. The maximum atomic E-state index is 12.2. The molecule has 0 spiro atoms. The van der Waals surface area contributed by atoms with E-state index in [9.17, 15) is 9.59 Å². The third-order valence-corrected chi connectivity index (χ3v) is 4.34. The van der Waals surface area contributed by atoms with E-state index in [2.05, 4.69) is 10.1 Å². The fourth-order valence-corrected chi connectivity index (χ4v) is 2.77. The molecular weight excluding hydrogens is 360 g/mol. The molecule has 2 rings (SSSR count). The number of anilines is 1. The number of ether oxygens (including phenoxy) is 3. The van der Waals surface area contributed by atoms with E-state index in [0.29, 0.717) is 29.3 Å². The topological polar surface area (TPSA) is 78.3 Å². The lowest BCUT2D eigenvalue weighted by molar-refractivity contribution is -0.870. The molecule has 7 heteroatoms. The molecule has 0 heterocycles. The SMILES string of the molecule is COC(=O)c1ccc(NC(=O)C[NH+](C)CCc2ccc(OC)c(OC)c2)cc1. The summed E-state index contributed by atoms with van der Waals surface area (Å²) in [5, 5.41) is 2.84. The molecule has 1 unspecified atom stereocenters. The van der Waals surface area contributed by atoms with Gasteiger partial charge in [-0.05, 0) is 42.0 Å². The Morgan fingerprint density at radius 3 is 2.25 bits per heavy atom. The Labute approximate surface area is 165 Å². The molecule has 0 aliphatic carbocycles. The van der Waals surface area contributed by atoms with Crippen molar-refractivity contribution in [2.75, 3.05) is 46.8 Å². The predicted octanol–water partition coefficient (Wildman–Crippen LogP) is 1.19. The third-order valence-electron chi connectivity index (χ3n) is 4.34. The van der Waals surface area contributed by atoms with Crippen LogP contribution in [-0.4, -0.2) is 53.3 Å². The summed E-state index contributed by atoms with van der Waals surface area (Å²) in [4.78, 5) is 24.7. The molecule has 150 valence electrons. The summed E-state index contributed by atoms with van der Waals surface area (Å²) in [5.74, 6) is 0.906. The van der Waals surface area contributed by atoms with Gasteiger partial charge in [-0.3, -0.25) is 4.79 Å². The summed E-state index contributed by atoms with van der Waals surface area (Å²) in [6.45, 7) is 1.14. The molecule has 0 saturated carbocycles. The van der Waals surface area contributed by atoms with Crippen LogP contribution in [0.25, 0.3) is 0 Å². The van der Waals surface area contributed by atoms with Crippen LogP contribution in [0.15, 0.2) is 42.5 Å². The lowest BCUT2D eigenvalue weighted by atomic mass is 10.1. The molecular formula is C21H27N2O5+. The minimum atomic E-state index is -0.405. The Morgan fingerprint density at radius 1 is 0.964 bits per heavy atom. The first-order valence-electron chi connectivity index (χ1n) is 8.97. The number of likely N-dealkylation sites (N-methyl/N-ethyl adjacent to an activating group) is 1. The average molecular weight is 387 g/mol. The maximum Gasteiger partial charge on any atom is 0.337 e. The lowest BCUT2D eigenvalue weighted by Crippen LogP contribution is -3.10. The summed E-state index contributed by atoms with van der Waals surface area (Å²) in [7, 11) is 6.53. The van der Waals surface area contributed by atoms with Crippen molar-refractivity contribution < 1.29 is 28.7 Å². The van der Waals surface area contributed by atoms with Crippen LogP contribution in [0.2, 0.25) is 0 Å². The van der Waals surface area contributed by atoms with E-state index in [1.807, 2.05) is 25.2 Å². The molecule has 2 aromatic carbocycles. The zero-order chi connectivity index (χ0) is 20.5. The molecule has 0 radical (unpaired) electrons. The van der Waals surface area contributed by atoms with E-state index in [-0.39, 0.29) is 5.91 Å². The molecule has 2 aromatic rings. The maximum absolute atomic E-state index is 12.2. The van der Waals surface area contributed by atoms with Crippen molar-refractivity contribution >= 4 is 17.6 Å². The number of hydrogen-bond acceptors (Lipinski definition) is 5. The number of esters is 1. The van der Waals surface area contributed by atoms with E-state index < -0.39 is 5.97 Å². The van der Waals surface area contributed by atoms with Gasteiger partial charge in [0.25, 0.3) is 5.91 Å². The van der Waals surface area contributed by atoms with Gasteiger partial charge in [-0.25, -0.2) is 4.79 Å². The Morgan fingerprint density at radius 2 is 1.64 bits per heavy atom. The van der Waals surface area contributed by atoms with Crippen LogP contribution in [0.4, 0.5) is 5.69 Å². The number of hydrogen-bond donors (Lipinski definition) is 2. The van der Waals surface area contributed by atoms with E-state index in [0.717, 1.165) is 23.4 Å². The predicted molar refractivity (Wildman–Crippen MR) is 106 cm³/mol. The van der Waals surface area contributed by atoms with Crippen molar-refractivity contribution in [3.63, 3.8) is 0 Å². The van der Waals surface area contributed by atoms with E-state index in [4.69, 9.17) is 9.47 Å². The van der Waals surface area contributed by atoms with Crippen LogP contribution < -0.4 is 19.7 Å². The van der Waals surface area contributed by atoms with E-state index in [1.54, 1.807) is 38.5 Å². The molecule has 1 atom stereocenters. The molecule has 0 fully saturated rings. The van der Waals surface area contributed by atoms with E-state index in [1.165, 1.54) is 7.11 Å². The fourth-order valence-electron chi connectivity index (χ4n) is 2.77. The minimum Gasteiger partial charge on any atom is -0.493 e. The average Bonchev–Trinajstić information content (AvgIpc) is 2.71. The second kappa shape index (κ2) is 10.3. The number of rotatable bonds is 9. The summed E-state index contributed by atoms with van der Waals surface area (Å²) < 4.78 is 15.2. The second-order valence-electron chi connectivity index (χ2n) is 6.44. The Kier molecular flexibility index (Phi) is 7.83. The standard InChI is InChI=1S/C21H26N2O5/c1-23(12-11-15-5-10-18(26-2)19(13-15)27-3)14-20(24)22-17-8-6-16(7-9-17)21(25)28-4/h5-10,13H,11-12,14H2,1-4H3,(H,22,24)/p+1. The molecule has 28 heavy (non-hydrogen) atoms. The van der Waals surface area contributed by atoms with Crippen molar-refractivity contribution in [2.45, 2.75) is 6.42 Å². The van der Waals surface area contributed by atoms with Crippen molar-refractivity contribution in [1.29, 1.82) is 0 Å². The number of quaternary nitrogens is 1. The van der Waals surface area contributed by atoms with Crippen LogP contribution in [0.3, 0.4) is 0 Å². The summed E-state index contributed by atoms with van der Waals surface area (Å²) in [6, 6.07) is 12.4. The first-order valence-corrected chi connectivity index (χ1v) is 8.97. The van der Waals surface area contributed by atoms with Gasteiger partial charge in [0.05, 0.1) is 40.5 Å². The second-order valence-corrected chi connectivity index (χ2v) is 6.44. The van der Waals surface area contributed by atoms with Crippen LogP contribution in [0.5, 0.6) is 11.5 Å². The molecule has 2 N–H and O–H groups in total. The number of nitrogens with one attached hydrogen (secondary N) is 2. The van der Waals surface area contributed by atoms with Crippen LogP contribution >= 0.6 is 0 Å². The van der Waals surface area contributed by atoms with Crippen LogP contribution in [0, 0.1) is 0 Å². The van der Waals surface area contributed by atoms with Gasteiger partial charge < -0.3 is 24.4 Å². The minimum absolute atomic E-state index is 0.0874. The molecule has 0 saturated heterocycles. The highest BCUT2D eigenvalue weighted by molar-refractivity contribution is 5.93. The third kappa shape index (κ3) is 5.99. The molecule has 0 bridgehead atoms. The zero-order valence-electron chi connectivity index (χ0n) is 16.7. The lowest BCUT2D eigenvalue weighted by Gasteiger charge is -2.15. The van der Waals surface area contributed by atoms with Gasteiger partial charge in [-0.1, -0.05) is 6.07 Å². The van der Waals surface area contributed by atoms with Gasteiger partial charge in [0.2, 0.25) is 0 Å². The van der Waals surface area contributed by atoms with Gasteiger partial charge in [-0.15, -0.1) is 0 Å². The number of methoxy groups -OCH3 is 3. The van der Waals surface area contributed by atoms with Crippen LogP contribution in [-0.2, 0) is 16.0 Å². The molecule has 7 nitrogen and oxygen atoms in total. The van der Waals surface area contributed by atoms with Gasteiger partial charge >= 0.3 is 5.97 Å². The number of carbonyl (C=O) groups excluding carboxylic acids is 2. The number of carbonyl (C=O) groups is 2. The summed E-state index contributed by atoms with van der Waals surface area (Å²) in [6.07, 6.45) is 0.813. The van der Waals surface area contributed by atoms with Crippen molar-refractivity contribution in [3.05, 3.63) is 53.6 Å². The van der Waals surface area contributed by atoms with Crippen molar-refractivity contribution in [2.24, 2.45) is 0 Å². The fraction of sp³-hybridized carbons (Fsp3) is 0.333. The molecule has 1 amide bonds. The molecule has 0 aliphatic heterocycles. The summed E-state index contributed by atoms with van der Waals surface area (Å²) in [5.41, 5.74) is 2.21. The first kappa shape index (κ1) is 21.2. The Hall–Kier alpha value is -3.06. The zero-order valence-corrected chi connectivity index (χ0v) is 16.7. The highest BCUT2D eigenvalue weighted by atomic mass is 16.5. The quantitative estimate of drug-likeness (QED) is 0.632. The van der Waals surface area contributed by atoms with Gasteiger partial charge in [0, 0.05) is 12.1 Å². The summed E-state index contributed by atoms with van der Waals surface area (Å²) >= 11 is 0. The normalized spacial score (nSPS) is 11.4. The Bertz CT molecular complexity index is 805. The van der Waals surface area contributed by atoms with Crippen LogP contribution in [0.1, 0.15) is 15.9 Å². The first-order chi connectivity index (χ1) is 13.5. The highest BCUT2D eigenvalue weighted by Crippen LogP contribution is 2.27.